The number of ether oxygens (including phenoxy) is 1. The highest BCUT2D eigenvalue weighted by molar-refractivity contribution is 5.69. The number of hydrogen-bond acceptors (Lipinski definition) is 7. The minimum absolute atomic E-state index is 0.0420. The van der Waals surface area contributed by atoms with Crippen LogP contribution in [0.2, 0.25) is 0 Å². The number of aromatic nitrogens is 2. The van der Waals surface area contributed by atoms with Crippen molar-refractivity contribution in [2.75, 3.05) is 23.8 Å². The molecule has 2 heterocycles. The molecule has 8 nitrogen and oxygen atoms in total. The highest BCUT2D eigenvalue weighted by Crippen LogP contribution is 2.35. The minimum atomic E-state index is -0.468. The quantitative estimate of drug-likeness (QED) is 0.626. The zero-order valence-electron chi connectivity index (χ0n) is 11.8. The predicted octanol–water partition coefficient (Wildman–Crippen LogP) is 1.80. The summed E-state index contributed by atoms with van der Waals surface area (Å²) in [5.74, 6) is 0.450. The molecular weight excluding hydrogens is 262 g/mol. The van der Waals surface area contributed by atoms with Crippen molar-refractivity contribution in [3.05, 3.63) is 16.4 Å². The molecule has 1 aromatic heterocycles. The molecule has 2 unspecified atom stereocenters. The fourth-order valence-corrected chi connectivity index (χ4v) is 2.21. The van der Waals surface area contributed by atoms with E-state index in [2.05, 4.69) is 20.6 Å². The van der Waals surface area contributed by atoms with Crippen LogP contribution in [-0.4, -0.2) is 39.7 Å². The fourth-order valence-electron chi connectivity index (χ4n) is 2.21. The van der Waals surface area contributed by atoms with E-state index in [-0.39, 0.29) is 29.0 Å². The molecule has 1 aliphatic heterocycles. The van der Waals surface area contributed by atoms with E-state index in [4.69, 9.17) is 4.74 Å². The van der Waals surface area contributed by atoms with E-state index < -0.39 is 4.92 Å². The van der Waals surface area contributed by atoms with Gasteiger partial charge in [0.25, 0.3) is 0 Å². The third kappa shape index (κ3) is 2.64. The van der Waals surface area contributed by atoms with Gasteiger partial charge in [-0.15, -0.1) is 0 Å². The van der Waals surface area contributed by atoms with Crippen molar-refractivity contribution in [2.45, 2.75) is 38.8 Å². The Kier molecular flexibility index (Phi) is 4.03. The van der Waals surface area contributed by atoms with Crippen LogP contribution >= 0.6 is 0 Å². The zero-order chi connectivity index (χ0) is 14.8. The van der Waals surface area contributed by atoms with Crippen molar-refractivity contribution < 1.29 is 9.66 Å². The highest BCUT2D eigenvalue weighted by Gasteiger charge is 2.39. The van der Waals surface area contributed by atoms with Gasteiger partial charge in [0.15, 0.2) is 0 Å². The molecule has 1 fully saturated rings. The normalized spacial score (nSPS) is 25.4. The molecule has 8 heteroatoms. The third-order valence-electron chi connectivity index (χ3n) is 3.64. The Morgan fingerprint density at radius 3 is 2.80 bits per heavy atom. The van der Waals surface area contributed by atoms with Gasteiger partial charge in [0, 0.05) is 13.2 Å². The van der Waals surface area contributed by atoms with E-state index in [0.717, 1.165) is 6.42 Å². The third-order valence-corrected chi connectivity index (χ3v) is 3.64. The van der Waals surface area contributed by atoms with Crippen LogP contribution in [0.15, 0.2) is 6.33 Å². The molecule has 0 saturated carbocycles. The first-order chi connectivity index (χ1) is 9.48. The van der Waals surface area contributed by atoms with Gasteiger partial charge in [0.2, 0.25) is 11.6 Å². The van der Waals surface area contributed by atoms with Crippen molar-refractivity contribution in [1.29, 1.82) is 0 Å². The summed E-state index contributed by atoms with van der Waals surface area (Å²) < 4.78 is 5.53. The predicted molar refractivity (Wildman–Crippen MR) is 74.9 cm³/mol. The summed E-state index contributed by atoms with van der Waals surface area (Å²) in [6, 6.07) is 0. The number of nitrogens with zero attached hydrogens (tertiary/aromatic N) is 3. The standard InChI is InChI=1S/C12H19N5O3/c1-4-13-10-9(17(18)19)11(15-7-14-10)16-12(3)5-6-20-8(12)2/h7-8H,4-6H2,1-3H3,(H2,13,14,15,16). The Bertz CT molecular complexity index is 510. The number of anilines is 2. The summed E-state index contributed by atoms with van der Waals surface area (Å²) in [5.41, 5.74) is -0.502. The van der Waals surface area contributed by atoms with E-state index in [9.17, 15) is 10.1 Å². The summed E-state index contributed by atoms with van der Waals surface area (Å²) in [5, 5.41) is 17.3. The molecule has 1 aromatic rings. The van der Waals surface area contributed by atoms with Crippen molar-refractivity contribution in [1.82, 2.24) is 9.97 Å². The second kappa shape index (κ2) is 5.58. The van der Waals surface area contributed by atoms with E-state index in [1.54, 1.807) is 0 Å². The maximum absolute atomic E-state index is 11.3. The van der Waals surface area contributed by atoms with Crippen LogP contribution in [0, 0.1) is 10.1 Å². The number of nitrogens with one attached hydrogen (secondary N) is 2. The molecule has 110 valence electrons. The molecular formula is C12H19N5O3. The van der Waals surface area contributed by atoms with Crippen LogP contribution in [0.1, 0.15) is 27.2 Å². The second-order valence-electron chi connectivity index (χ2n) is 5.01. The maximum atomic E-state index is 11.3. The lowest BCUT2D eigenvalue weighted by Gasteiger charge is -2.29. The van der Waals surface area contributed by atoms with Gasteiger partial charge in [-0.25, -0.2) is 9.97 Å². The van der Waals surface area contributed by atoms with Crippen LogP contribution in [-0.2, 0) is 4.74 Å². The Hall–Kier alpha value is -1.96. The van der Waals surface area contributed by atoms with Gasteiger partial charge in [-0.1, -0.05) is 0 Å². The highest BCUT2D eigenvalue weighted by atomic mass is 16.6. The first kappa shape index (κ1) is 14.4. The summed E-state index contributed by atoms with van der Waals surface area (Å²) in [4.78, 5) is 18.8. The molecule has 2 atom stereocenters. The number of hydrogen-bond donors (Lipinski definition) is 2. The average Bonchev–Trinajstić information content (AvgIpc) is 2.69. The van der Waals surface area contributed by atoms with Crippen molar-refractivity contribution >= 4 is 17.3 Å². The lowest BCUT2D eigenvalue weighted by Crippen LogP contribution is -2.41. The Labute approximate surface area is 117 Å². The molecule has 0 aromatic carbocycles. The largest absolute Gasteiger partial charge is 0.376 e. The maximum Gasteiger partial charge on any atom is 0.353 e. The monoisotopic (exact) mass is 281 g/mol. The first-order valence-electron chi connectivity index (χ1n) is 6.61. The van der Waals surface area contributed by atoms with Crippen molar-refractivity contribution in [3.63, 3.8) is 0 Å². The Morgan fingerprint density at radius 2 is 2.25 bits per heavy atom. The van der Waals surface area contributed by atoms with Crippen molar-refractivity contribution in [2.24, 2.45) is 0 Å². The topological polar surface area (TPSA) is 102 Å². The van der Waals surface area contributed by atoms with Crippen LogP contribution in [0.25, 0.3) is 0 Å². The van der Waals surface area contributed by atoms with Crippen LogP contribution in [0.4, 0.5) is 17.3 Å². The fraction of sp³-hybridized carbons (Fsp3) is 0.667. The van der Waals surface area contributed by atoms with Gasteiger partial charge in [0.05, 0.1) is 16.6 Å². The summed E-state index contributed by atoms with van der Waals surface area (Å²) in [6.07, 6.45) is 2.04. The van der Waals surface area contributed by atoms with E-state index >= 15 is 0 Å². The minimum Gasteiger partial charge on any atom is -0.376 e. The van der Waals surface area contributed by atoms with Gasteiger partial charge in [0.1, 0.15) is 6.33 Å². The molecule has 1 saturated heterocycles. The molecule has 20 heavy (non-hydrogen) atoms. The summed E-state index contributed by atoms with van der Waals surface area (Å²) >= 11 is 0. The van der Waals surface area contributed by atoms with Crippen LogP contribution in [0.5, 0.6) is 0 Å². The number of nitro groups is 1. The van der Waals surface area contributed by atoms with Crippen molar-refractivity contribution in [3.8, 4) is 0 Å². The molecule has 0 radical (unpaired) electrons. The second-order valence-corrected chi connectivity index (χ2v) is 5.01. The average molecular weight is 281 g/mol. The smallest absolute Gasteiger partial charge is 0.353 e. The molecule has 2 N–H and O–H groups in total. The van der Waals surface area contributed by atoms with Gasteiger partial charge in [-0.3, -0.25) is 10.1 Å². The Morgan fingerprint density at radius 1 is 1.55 bits per heavy atom. The molecule has 1 aliphatic rings. The number of rotatable bonds is 5. The molecule has 0 spiro atoms. The van der Waals surface area contributed by atoms with E-state index in [1.807, 2.05) is 20.8 Å². The first-order valence-corrected chi connectivity index (χ1v) is 6.61. The molecule has 0 amide bonds. The summed E-state index contributed by atoms with van der Waals surface area (Å²) in [6.45, 7) is 6.95. The van der Waals surface area contributed by atoms with Gasteiger partial charge < -0.3 is 15.4 Å². The van der Waals surface area contributed by atoms with Gasteiger partial charge in [-0.05, 0) is 27.2 Å². The lowest BCUT2D eigenvalue weighted by atomic mass is 9.94. The SMILES string of the molecule is CCNc1ncnc(NC2(C)CCOC2C)c1[N+](=O)[O-]. The van der Waals surface area contributed by atoms with Crippen LogP contribution < -0.4 is 10.6 Å². The van der Waals surface area contributed by atoms with Crippen LogP contribution in [0.3, 0.4) is 0 Å². The Balaban J connectivity index is 2.36. The molecule has 2 rings (SSSR count). The van der Waals surface area contributed by atoms with E-state index in [0.29, 0.717) is 13.2 Å². The van der Waals surface area contributed by atoms with E-state index in [1.165, 1.54) is 6.33 Å². The van der Waals surface area contributed by atoms with Gasteiger partial charge >= 0.3 is 5.69 Å². The summed E-state index contributed by atoms with van der Waals surface area (Å²) in [7, 11) is 0. The van der Waals surface area contributed by atoms with Gasteiger partial charge in [-0.2, -0.15) is 0 Å². The molecule has 0 bridgehead atoms. The lowest BCUT2D eigenvalue weighted by molar-refractivity contribution is -0.383. The molecule has 0 aliphatic carbocycles. The zero-order valence-corrected chi connectivity index (χ0v) is 11.8.